The van der Waals surface area contributed by atoms with E-state index in [1.807, 2.05) is 22.6 Å². The third-order valence-corrected chi connectivity index (χ3v) is 4.38. The summed E-state index contributed by atoms with van der Waals surface area (Å²) >= 11 is 2.01. The van der Waals surface area contributed by atoms with E-state index in [9.17, 15) is 13.2 Å². The highest BCUT2D eigenvalue weighted by Crippen LogP contribution is 2.28. The molecule has 21 heavy (non-hydrogen) atoms. The van der Waals surface area contributed by atoms with Gasteiger partial charge in [0.05, 0.1) is 14.0 Å². The van der Waals surface area contributed by atoms with Crippen LogP contribution in [0, 0.1) is 3.57 Å². The lowest BCUT2D eigenvalue weighted by Crippen LogP contribution is -2.11. The van der Waals surface area contributed by atoms with Crippen LogP contribution in [0.1, 0.15) is 10.4 Å². The number of aromatic carboxylic acids is 1. The molecule has 0 spiro atoms. The number of halogens is 1. The van der Waals surface area contributed by atoms with Crippen molar-refractivity contribution < 1.29 is 23.1 Å². The Morgan fingerprint density at radius 1 is 1.14 bits per heavy atom. The van der Waals surface area contributed by atoms with Crippen molar-refractivity contribution in [3.8, 4) is 11.5 Å². The molecule has 0 aliphatic heterocycles. The minimum Gasteiger partial charge on any atom is -0.478 e. The third-order valence-electron chi connectivity index (χ3n) is 2.56. The molecule has 0 bridgehead atoms. The molecule has 0 aliphatic carbocycles. The number of hydrogen-bond donors (Lipinski definition) is 2. The van der Waals surface area contributed by atoms with E-state index in [-0.39, 0.29) is 10.5 Å². The monoisotopic (exact) mass is 419 g/mol. The molecule has 2 aromatic rings. The van der Waals surface area contributed by atoms with Crippen LogP contribution < -0.4 is 9.88 Å². The number of rotatable bonds is 4. The van der Waals surface area contributed by atoms with E-state index >= 15 is 0 Å². The predicted octanol–water partition coefficient (Wildman–Crippen LogP) is 2.43. The van der Waals surface area contributed by atoms with Crippen LogP contribution in [0.5, 0.6) is 11.5 Å². The van der Waals surface area contributed by atoms with Gasteiger partial charge in [-0.3, -0.25) is 0 Å². The molecule has 0 fully saturated rings. The van der Waals surface area contributed by atoms with Crippen molar-refractivity contribution in [3.05, 3.63) is 51.6 Å². The quantitative estimate of drug-likeness (QED) is 0.741. The molecule has 2 rings (SSSR count). The Hall–Kier alpha value is -1.65. The predicted molar refractivity (Wildman–Crippen MR) is 84.0 cm³/mol. The van der Waals surface area contributed by atoms with Crippen LogP contribution in [0.3, 0.4) is 0 Å². The third kappa shape index (κ3) is 3.93. The molecule has 0 aliphatic rings. The van der Waals surface area contributed by atoms with Gasteiger partial charge in [0.15, 0.2) is 0 Å². The Kier molecular flexibility index (Phi) is 4.49. The molecular formula is C13H10INO5S. The van der Waals surface area contributed by atoms with Gasteiger partial charge in [-0.1, -0.05) is 0 Å². The highest BCUT2D eigenvalue weighted by Gasteiger charge is 2.10. The lowest BCUT2D eigenvalue weighted by Gasteiger charge is -2.09. The molecule has 2 aromatic carbocycles. The zero-order valence-electron chi connectivity index (χ0n) is 10.5. The number of sulfonamides is 1. The van der Waals surface area contributed by atoms with Gasteiger partial charge in [-0.15, -0.1) is 0 Å². The van der Waals surface area contributed by atoms with E-state index in [1.165, 1.54) is 36.4 Å². The second kappa shape index (κ2) is 6.00. The Bertz CT molecular complexity index is 787. The summed E-state index contributed by atoms with van der Waals surface area (Å²) in [5.74, 6) is -0.303. The highest BCUT2D eigenvalue weighted by molar-refractivity contribution is 14.1. The van der Waals surface area contributed by atoms with E-state index in [1.54, 1.807) is 6.07 Å². The molecule has 0 unspecified atom stereocenters. The summed E-state index contributed by atoms with van der Waals surface area (Å²) in [5.41, 5.74) is 0.103. The van der Waals surface area contributed by atoms with Gasteiger partial charge >= 0.3 is 5.97 Å². The first-order valence-corrected chi connectivity index (χ1v) is 8.23. The lowest BCUT2D eigenvalue weighted by atomic mass is 10.2. The first-order chi connectivity index (χ1) is 9.77. The van der Waals surface area contributed by atoms with Gasteiger partial charge in [0.2, 0.25) is 10.0 Å². The standard InChI is InChI=1S/C13H10INO5S/c14-11-6-1-8(13(16)17)7-12(11)20-9-2-4-10(5-3-9)21(15,18)19/h1-7H,(H,16,17)(H2,15,18,19). The summed E-state index contributed by atoms with van der Waals surface area (Å²) in [5, 5.41) is 14.0. The number of nitrogens with two attached hydrogens (primary N) is 1. The molecule has 0 saturated heterocycles. The molecule has 0 aromatic heterocycles. The first-order valence-electron chi connectivity index (χ1n) is 5.61. The summed E-state index contributed by atoms with van der Waals surface area (Å²) in [6.45, 7) is 0. The second-order valence-corrected chi connectivity index (χ2v) is 6.79. The SMILES string of the molecule is NS(=O)(=O)c1ccc(Oc2cc(C(=O)O)ccc2I)cc1. The van der Waals surface area contributed by atoms with Crippen LogP contribution in [0.15, 0.2) is 47.4 Å². The Morgan fingerprint density at radius 3 is 2.29 bits per heavy atom. The molecular weight excluding hydrogens is 409 g/mol. The molecule has 8 heteroatoms. The number of ether oxygens (including phenoxy) is 1. The van der Waals surface area contributed by atoms with Gasteiger partial charge in [0, 0.05) is 0 Å². The topological polar surface area (TPSA) is 107 Å². The lowest BCUT2D eigenvalue weighted by molar-refractivity contribution is 0.0696. The molecule has 0 atom stereocenters. The number of carboxylic acids is 1. The van der Waals surface area contributed by atoms with Crippen molar-refractivity contribution in [2.75, 3.05) is 0 Å². The first kappa shape index (κ1) is 15.7. The van der Waals surface area contributed by atoms with Gasteiger partial charge in [-0.05, 0) is 65.1 Å². The number of carboxylic acid groups (broad SMARTS) is 1. The zero-order chi connectivity index (χ0) is 15.6. The van der Waals surface area contributed by atoms with Crippen LogP contribution in [0.4, 0.5) is 0 Å². The smallest absolute Gasteiger partial charge is 0.335 e. The van der Waals surface area contributed by atoms with Crippen molar-refractivity contribution >= 4 is 38.6 Å². The fourth-order valence-corrected chi connectivity index (χ4v) is 2.50. The average Bonchev–Trinajstić information content (AvgIpc) is 2.40. The van der Waals surface area contributed by atoms with Crippen LogP contribution in [0.2, 0.25) is 0 Å². The van der Waals surface area contributed by atoms with Gasteiger partial charge in [0.1, 0.15) is 11.5 Å². The van der Waals surface area contributed by atoms with Crippen molar-refractivity contribution in [1.82, 2.24) is 0 Å². The van der Waals surface area contributed by atoms with E-state index in [2.05, 4.69) is 0 Å². The maximum absolute atomic E-state index is 11.1. The molecule has 6 nitrogen and oxygen atoms in total. The maximum atomic E-state index is 11.1. The van der Waals surface area contributed by atoms with Crippen LogP contribution >= 0.6 is 22.6 Å². The molecule has 3 N–H and O–H groups in total. The van der Waals surface area contributed by atoms with E-state index in [0.717, 1.165) is 3.57 Å². The second-order valence-electron chi connectivity index (χ2n) is 4.07. The van der Waals surface area contributed by atoms with Crippen LogP contribution in [-0.4, -0.2) is 19.5 Å². The summed E-state index contributed by atoms with van der Waals surface area (Å²) in [7, 11) is -3.75. The van der Waals surface area contributed by atoms with E-state index in [0.29, 0.717) is 11.5 Å². The summed E-state index contributed by atoms with van der Waals surface area (Å²) in [4.78, 5) is 10.9. The Morgan fingerprint density at radius 2 is 1.76 bits per heavy atom. The van der Waals surface area contributed by atoms with Gasteiger partial charge < -0.3 is 9.84 Å². The number of hydrogen-bond acceptors (Lipinski definition) is 4. The number of benzene rings is 2. The largest absolute Gasteiger partial charge is 0.478 e. The Balaban J connectivity index is 2.30. The van der Waals surface area contributed by atoms with Crippen LogP contribution in [0.25, 0.3) is 0 Å². The minimum absolute atomic E-state index is 0.0242. The van der Waals surface area contributed by atoms with Gasteiger partial charge in [0.25, 0.3) is 0 Å². The normalized spacial score (nSPS) is 11.1. The van der Waals surface area contributed by atoms with E-state index < -0.39 is 16.0 Å². The summed E-state index contributed by atoms with van der Waals surface area (Å²) in [6, 6.07) is 10.0. The van der Waals surface area contributed by atoms with Gasteiger partial charge in [-0.2, -0.15) is 0 Å². The fraction of sp³-hybridized carbons (Fsp3) is 0. The average molecular weight is 419 g/mol. The minimum atomic E-state index is -3.75. The molecule has 0 radical (unpaired) electrons. The van der Waals surface area contributed by atoms with Crippen molar-refractivity contribution in [1.29, 1.82) is 0 Å². The maximum Gasteiger partial charge on any atom is 0.335 e. The Labute approximate surface area is 134 Å². The fourth-order valence-electron chi connectivity index (χ4n) is 1.54. The van der Waals surface area contributed by atoms with Crippen molar-refractivity contribution in [3.63, 3.8) is 0 Å². The molecule has 110 valence electrons. The summed E-state index contributed by atoms with van der Waals surface area (Å²) in [6.07, 6.45) is 0. The molecule has 0 saturated carbocycles. The zero-order valence-corrected chi connectivity index (χ0v) is 13.5. The number of carbonyl (C=O) groups is 1. The van der Waals surface area contributed by atoms with Crippen molar-refractivity contribution in [2.24, 2.45) is 5.14 Å². The molecule has 0 heterocycles. The molecule has 0 amide bonds. The number of primary sulfonamides is 1. The van der Waals surface area contributed by atoms with Crippen LogP contribution in [-0.2, 0) is 10.0 Å². The highest BCUT2D eigenvalue weighted by atomic mass is 127. The van der Waals surface area contributed by atoms with E-state index in [4.69, 9.17) is 15.0 Å². The summed E-state index contributed by atoms with van der Waals surface area (Å²) < 4.78 is 28.6. The van der Waals surface area contributed by atoms with Gasteiger partial charge in [-0.25, -0.2) is 18.4 Å². The van der Waals surface area contributed by atoms with Crippen molar-refractivity contribution in [2.45, 2.75) is 4.90 Å².